The van der Waals surface area contributed by atoms with Crippen molar-refractivity contribution in [1.82, 2.24) is 0 Å². The first-order valence-corrected chi connectivity index (χ1v) is 9.48. The minimum atomic E-state index is -3.68. The van der Waals surface area contributed by atoms with Crippen molar-refractivity contribution in [2.45, 2.75) is 0 Å². The highest BCUT2D eigenvalue weighted by molar-refractivity contribution is 7.92. The molecule has 7 nitrogen and oxygen atoms in total. The van der Waals surface area contributed by atoms with Gasteiger partial charge in [-0.1, -0.05) is 17.7 Å². The number of anilines is 2. The summed E-state index contributed by atoms with van der Waals surface area (Å²) < 4.78 is 35.7. The molecule has 9 heteroatoms. The van der Waals surface area contributed by atoms with Gasteiger partial charge in [0.2, 0.25) is 22.7 Å². The lowest BCUT2D eigenvalue weighted by atomic mass is 10.2. The molecule has 3 rings (SSSR count). The zero-order chi connectivity index (χ0) is 18.0. The highest BCUT2D eigenvalue weighted by Gasteiger charge is 2.23. The van der Waals surface area contributed by atoms with Crippen molar-refractivity contribution >= 4 is 38.9 Å². The first-order chi connectivity index (χ1) is 11.8. The minimum Gasteiger partial charge on any atom is -0.454 e. The van der Waals surface area contributed by atoms with Crippen LogP contribution in [0.15, 0.2) is 42.5 Å². The summed E-state index contributed by atoms with van der Waals surface area (Å²) in [4.78, 5) is 12.3. The van der Waals surface area contributed by atoms with Gasteiger partial charge in [0.05, 0.1) is 11.9 Å². The summed E-state index contributed by atoms with van der Waals surface area (Å²) in [6.45, 7) is -0.308. The Bertz CT molecular complexity index is 916. The maximum Gasteiger partial charge on any atom is 0.245 e. The molecule has 1 amide bonds. The van der Waals surface area contributed by atoms with E-state index in [-0.39, 0.29) is 13.3 Å². The van der Waals surface area contributed by atoms with E-state index in [1.54, 1.807) is 36.4 Å². The highest BCUT2D eigenvalue weighted by Crippen LogP contribution is 2.36. The molecule has 25 heavy (non-hydrogen) atoms. The van der Waals surface area contributed by atoms with Crippen LogP contribution in [0.1, 0.15) is 0 Å². The molecule has 0 radical (unpaired) electrons. The summed E-state index contributed by atoms with van der Waals surface area (Å²) in [5.74, 6) is 0.465. The maximum atomic E-state index is 12.3. The number of benzene rings is 2. The Morgan fingerprint density at radius 3 is 2.68 bits per heavy atom. The van der Waals surface area contributed by atoms with Crippen LogP contribution in [0.5, 0.6) is 11.5 Å². The number of hydrogen-bond acceptors (Lipinski definition) is 5. The number of nitrogens with one attached hydrogen (secondary N) is 1. The van der Waals surface area contributed by atoms with Crippen molar-refractivity contribution in [1.29, 1.82) is 0 Å². The summed E-state index contributed by atoms with van der Waals surface area (Å²) in [5, 5.41) is 3.09. The average Bonchev–Trinajstić information content (AvgIpc) is 2.99. The van der Waals surface area contributed by atoms with Gasteiger partial charge in [0.1, 0.15) is 6.54 Å². The number of rotatable bonds is 5. The molecule has 0 spiro atoms. The van der Waals surface area contributed by atoms with Gasteiger partial charge in [-0.3, -0.25) is 9.10 Å². The fourth-order valence-electron chi connectivity index (χ4n) is 2.34. The Hall–Kier alpha value is -2.45. The van der Waals surface area contributed by atoms with Crippen molar-refractivity contribution in [3.8, 4) is 11.5 Å². The molecule has 0 fully saturated rings. The molecular formula is C16H15ClN2O5S. The van der Waals surface area contributed by atoms with Crippen LogP contribution in [0.4, 0.5) is 11.4 Å². The largest absolute Gasteiger partial charge is 0.454 e. The van der Waals surface area contributed by atoms with Gasteiger partial charge in [0.25, 0.3) is 0 Å². The molecule has 0 saturated heterocycles. The molecule has 1 N–H and O–H groups in total. The Kier molecular flexibility index (Phi) is 4.73. The third-order valence-corrected chi connectivity index (χ3v) is 4.82. The lowest BCUT2D eigenvalue weighted by Crippen LogP contribution is -2.37. The molecule has 0 bridgehead atoms. The fourth-order valence-corrected chi connectivity index (χ4v) is 3.38. The third-order valence-electron chi connectivity index (χ3n) is 3.44. The number of halogens is 1. The molecule has 2 aromatic rings. The van der Waals surface area contributed by atoms with Crippen LogP contribution >= 0.6 is 11.6 Å². The summed E-state index contributed by atoms with van der Waals surface area (Å²) in [5.41, 5.74) is 0.796. The number of carbonyl (C=O) groups is 1. The van der Waals surface area contributed by atoms with Crippen LogP contribution in [0.2, 0.25) is 5.02 Å². The van der Waals surface area contributed by atoms with Gasteiger partial charge in [-0.05, 0) is 30.3 Å². The summed E-state index contributed by atoms with van der Waals surface area (Å²) in [6, 6.07) is 11.3. The molecule has 0 unspecified atom stereocenters. The van der Waals surface area contributed by atoms with Crippen molar-refractivity contribution in [3.05, 3.63) is 47.5 Å². The van der Waals surface area contributed by atoms with Gasteiger partial charge in [-0.15, -0.1) is 0 Å². The summed E-state index contributed by atoms with van der Waals surface area (Å²) in [7, 11) is -3.68. The molecule has 0 atom stereocenters. The predicted molar refractivity (Wildman–Crippen MR) is 94.8 cm³/mol. The zero-order valence-electron chi connectivity index (χ0n) is 13.2. The molecule has 1 heterocycles. The third kappa shape index (κ3) is 4.15. The summed E-state index contributed by atoms with van der Waals surface area (Å²) >= 11 is 5.87. The Morgan fingerprint density at radius 2 is 1.96 bits per heavy atom. The van der Waals surface area contributed by atoms with Gasteiger partial charge in [-0.25, -0.2) is 8.42 Å². The predicted octanol–water partition coefficient (Wildman–Crippen LogP) is 2.47. The van der Waals surface area contributed by atoms with Gasteiger partial charge in [0, 0.05) is 16.8 Å². The van der Waals surface area contributed by atoms with Gasteiger partial charge in [-0.2, -0.15) is 0 Å². The monoisotopic (exact) mass is 382 g/mol. The van der Waals surface area contributed by atoms with Crippen molar-refractivity contribution < 1.29 is 22.7 Å². The topological polar surface area (TPSA) is 84.9 Å². The second-order valence-corrected chi connectivity index (χ2v) is 7.71. The maximum absolute atomic E-state index is 12.3. The molecule has 0 aliphatic carbocycles. The van der Waals surface area contributed by atoms with Crippen LogP contribution < -0.4 is 19.1 Å². The number of hydrogen-bond donors (Lipinski definition) is 1. The minimum absolute atomic E-state index is 0.0763. The van der Waals surface area contributed by atoms with E-state index >= 15 is 0 Å². The van der Waals surface area contributed by atoms with E-state index in [1.807, 2.05) is 0 Å². The van der Waals surface area contributed by atoms with Crippen molar-refractivity contribution in [2.75, 3.05) is 29.2 Å². The Morgan fingerprint density at radius 1 is 1.20 bits per heavy atom. The van der Waals surface area contributed by atoms with E-state index in [4.69, 9.17) is 21.1 Å². The standard InChI is InChI=1S/C16H15ClN2O5S/c1-25(21,22)19(13-5-6-14-15(8-13)24-10-23-14)9-16(20)18-12-4-2-3-11(17)7-12/h2-8H,9-10H2,1H3,(H,18,20). The van der Waals surface area contributed by atoms with Gasteiger partial charge >= 0.3 is 0 Å². The van der Waals surface area contributed by atoms with E-state index in [1.165, 1.54) is 6.07 Å². The van der Waals surface area contributed by atoms with Crippen LogP contribution in [-0.4, -0.2) is 33.9 Å². The first-order valence-electron chi connectivity index (χ1n) is 7.26. The summed E-state index contributed by atoms with van der Waals surface area (Å²) in [6.07, 6.45) is 1.03. The van der Waals surface area contributed by atoms with Crippen LogP contribution in [0, 0.1) is 0 Å². The van der Waals surface area contributed by atoms with Crippen molar-refractivity contribution in [3.63, 3.8) is 0 Å². The number of fused-ring (bicyclic) bond motifs is 1. The van der Waals surface area contributed by atoms with E-state index in [9.17, 15) is 13.2 Å². The average molecular weight is 383 g/mol. The van der Waals surface area contributed by atoms with Gasteiger partial charge < -0.3 is 14.8 Å². The normalized spacial score (nSPS) is 12.7. The SMILES string of the molecule is CS(=O)(=O)N(CC(=O)Nc1cccc(Cl)c1)c1ccc2c(c1)OCO2. The molecule has 1 aliphatic heterocycles. The van der Waals surface area contributed by atoms with Crippen molar-refractivity contribution in [2.24, 2.45) is 0 Å². The van der Waals surface area contributed by atoms with E-state index in [0.29, 0.717) is 27.9 Å². The quantitative estimate of drug-likeness (QED) is 0.858. The van der Waals surface area contributed by atoms with E-state index < -0.39 is 15.9 Å². The number of ether oxygens (including phenoxy) is 2. The van der Waals surface area contributed by atoms with Crippen LogP contribution in [-0.2, 0) is 14.8 Å². The highest BCUT2D eigenvalue weighted by atomic mass is 35.5. The first kappa shape index (κ1) is 17.4. The fraction of sp³-hybridized carbons (Fsp3) is 0.188. The smallest absolute Gasteiger partial charge is 0.245 e. The Balaban J connectivity index is 1.81. The molecule has 132 valence electrons. The van der Waals surface area contributed by atoms with Gasteiger partial charge in [0.15, 0.2) is 11.5 Å². The van der Waals surface area contributed by atoms with Crippen LogP contribution in [0.25, 0.3) is 0 Å². The second kappa shape index (κ2) is 6.81. The number of carbonyl (C=O) groups excluding carboxylic acids is 1. The molecule has 0 saturated carbocycles. The van der Waals surface area contributed by atoms with E-state index in [0.717, 1.165) is 10.6 Å². The zero-order valence-corrected chi connectivity index (χ0v) is 14.8. The number of sulfonamides is 1. The lowest BCUT2D eigenvalue weighted by Gasteiger charge is -2.22. The Labute approximate surface area is 150 Å². The molecule has 1 aliphatic rings. The molecule has 0 aromatic heterocycles. The van der Waals surface area contributed by atoms with E-state index in [2.05, 4.69) is 5.32 Å². The molecular weight excluding hydrogens is 368 g/mol. The number of nitrogens with zero attached hydrogens (tertiary/aromatic N) is 1. The second-order valence-electron chi connectivity index (χ2n) is 5.37. The molecule has 2 aromatic carbocycles. The lowest BCUT2D eigenvalue weighted by molar-refractivity contribution is -0.114. The number of amides is 1. The van der Waals surface area contributed by atoms with Crippen LogP contribution in [0.3, 0.4) is 0 Å².